The number of ether oxygens (including phenoxy) is 2. The standard InChI is InChI=1S/C18H18Cl4O2/c1-11-15(7-5-13(19)17(11)21)23-9-3-4-10-24-16-8-6-14(20)18(22)12(16)2/h5-8H,3-4,9-10H2,1-2H3. The molecule has 0 amide bonds. The van der Waals surface area contributed by atoms with Gasteiger partial charge >= 0.3 is 0 Å². The highest BCUT2D eigenvalue weighted by molar-refractivity contribution is 6.43. The van der Waals surface area contributed by atoms with Crippen LogP contribution in [0.2, 0.25) is 20.1 Å². The summed E-state index contributed by atoms with van der Waals surface area (Å²) in [6, 6.07) is 7.14. The maximum atomic E-state index is 6.10. The van der Waals surface area contributed by atoms with Crippen molar-refractivity contribution in [2.45, 2.75) is 26.7 Å². The van der Waals surface area contributed by atoms with Crippen molar-refractivity contribution in [3.63, 3.8) is 0 Å². The molecule has 130 valence electrons. The van der Waals surface area contributed by atoms with Crippen molar-refractivity contribution in [2.75, 3.05) is 13.2 Å². The molecule has 2 aromatic rings. The van der Waals surface area contributed by atoms with Gasteiger partial charge in [-0.15, -0.1) is 0 Å². The molecule has 2 rings (SSSR count). The lowest BCUT2D eigenvalue weighted by Gasteiger charge is -2.12. The molecule has 0 aromatic heterocycles. The maximum Gasteiger partial charge on any atom is 0.123 e. The molecule has 0 saturated heterocycles. The largest absolute Gasteiger partial charge is 0.493 e. The molecule has 0 radical (unpaired) electrons. The van der Waals surface area contributed by atoms with Crippen molar-refractivity contribution >= 4 is 46.4 Å². The van der Waals surface area contributed by atoms with Crippen molar-refractivity contribution in [3.05, 3.63) is 55.5 Å². The number of benzene rings is 2. The quantitative estimate of drug-likeness (QED) is 0.453. The first-order chi connectivity index (χ1) is 11.4. The highest BCUT2D eigenvalue weighted by Crippen LogP contribution is 2.33. The summed E-state index contributed by atoms with van der Waals surface area (Å²) in [6.07, 6.45) is 1.72. The molecule has 0 bridgehead atoms. The highest BCUT2D eigenvalue weighted by Gasteiger charge is 2.09. The van der Waals surface area contributed by atoms with E-state index in [1.54, 1.807) is 12.1 Å². The van der Waals surface area contributed by atoms with Crippen LogP contribution in [0, 0.1) is 13.8 Å². The molecule has 0 N–H and O–H groups in total. The van der Waals surface area contributed by atoms with Crippen molar-refractivity contribution in [1.29, 1.82) is 0 Å². The van der Waals surface area contributed by atoms with Crippen LogP contribution in [0.1, 0.15) is 24.0 Å². The van der Waals surface area contributed by atoms with Crippen LogP contribution in [0.25, 0.3) is 0 Å². The first kappa shape index (κ1) is 19.5. The van der Waals surface area contributed by atoms with E-state index in [0.29, 0.717) is 33.3 Å². The minimum Gasteiger partial charge on any atom is -0.493 e. The fraction of sp³-hybridized carbons (Fsp3) is 0.333. The minimum atomic E-state index is 0.534. The van der Waals surface area contributed by atoms with Crippen molar-refractivity contribution < 1.29 is 9.47 Å². The van der Waals surface area contributed by atoms with Gasteiger partial charge in [0.15, 0.2) is 0 Å². The predicted octanol–water partition coefficient (Wildman–Crippen LogP) is 7.16. The summed E-state index contributed by atoms with van der Waals surface area (Å²) in [7, 11) is 0. The Balaban J connectivity index is 1.75. The summed E-state index contributed by atoms with van der Waals surface area (Å²) in [5.41, 5.74) is 1.71. The molecule has 0 atom stereocenters. The lowest BCUT2D eigenvalue weighted by Crippen LogP contribution is -2.04. The van der Waals surface area contributed by atoms with Gasteiger partial charge in [0, 0.05) is 11.1 Å². The smallest absolute Gasteiger partial charge is 0.123 e. The van der Waals surface area contributed by atoms with Gasteiger partial charge in [-0.2, -0.15) is 0 Å². The Bertz CT molecular complexity index is 655. The molecule has 0 aliphatic rings. The van der Waals surface area contributed by atoms with Gasteiger partial charge in [0.2, 0.25) is 0 Å². The molecule has 0 spiro atoms. The van der Waals surface area contributed by atoms with E-state index in [-0.39, 0.29) is 0 Å². The summed E-state index contributed by atoms with van der Waals surface area (Å²) in [4.78, 5) is 0. The summed E-state index contributed by atoms with van der Waals surface area (Å²) in [5.74, 6) is 1.51. The molecule has 0 saturated carbocycles. The average Bonchev–Trinajstić information content (AvgIpc) is 2.57. The summed E-state index contributed by atoms with van der Waals surface area (Å²) < 4.78 is 11.5. The molecule has 0 fully saturated rings. The van der Waals surface area contributed by atoms with E-state index in [2.05, 4.69) is 0 Å². The van der Waals surface area contributed by atoms with Gasteiger partial charge in [-0.3, -0.25) is 0 Å². The molecule has 2 aromatic carbocycles. The zero-order valence-corrected chi connectivity index (χ0v) is 16.5. The monoisotopic (exact) mass is 406 g/mol. The molecule has 0 aliphatic carbocycles. The highest BCUT2D eigenvalue weighted by atomic mass is 35.5. The second-order valence-electron chi connectivity index (χ2n) is 5.37. The van der Waals surface area contributed by atoms with E-state index in [0.717, 1.165) is 35.5 Å². The zero-order chi connectivity index (χ0) is 17.7. The van der Waals surface area contributed by atoms with E-state index >= 15 is 0 Å². The number of hydrogen-bond donors (Lipinski definition) is 0. The molecule has 2 nitrogen and oxygen atoms in total. The van der Waals surface area contributed by atoms with Crippen LogP contribution < -0.4 is 9.47 Å². The van der Waals surface area contributed by atoms with Gasteiger partial charge in [0.05, 0.1) is 33.3 Å². The number of unbranched alkanes of at least 4 members (excludes halogenated alkanes) is 1. The third kappa shape index (κ3) is 4.86. The van der Waals surface area contributed by atoms with Gasteiger partial charge in [-0.1, -0.05) is 46.4 Å². The van der Waals surface area contributed by atoms with Crippen molar-refractivity contribution in [2.24, 2.45) is 0 Å². The molecule has 0 unspecified atom stereocenters. The predicted molar refractivity (Wildman–Crippen MR) is 103 cm³/mol. The SMILES string of the molecule is Cc1c(OCCCCOc2ccc(Cl)c(Cl)c2C)ccc(Cl)c1Cl. The Morgan fingerprint density at radius 2 is 1.04 bits per heavy atom. The van der Waals surface area contributed by atoms with Gasteiger partial charge in [-0.05, 0) is 51.0 Å². The minimum absolute atomic E-state index is 0.534. The van der Waals surface area contributed by atoms with Crippen LogP contribution in [0.5, 0.6) is 11.5 Å². The molecule has 0 aliphatic heterocycles. The fourth-order valence-corrected chi connectivity index (χ4v) is 2.87. The van der Waals surface area contributed by atoms with Crippen LogP contribution >= 0.6 is 46.4 Å². The molecular formula is C18H18Cl4O2. The second-order valence-corrected chi connectivity index (χ2v) is 6.94. The molecule has 6 heteroatoms. The Morgan fingerprint density at radius 3 is 1.42 bits per heavy atom. The number of halogens is 4. The van der Waals surface area contributed by atoms with Crippen LogP contribution in [-0.2, 0) is 0 Å². The normalized spacial score (nSPS) is 10.8. The van der Waals surface area contributed by atoms with Crippen molar-refractivity contribution in [1.82, 2.24) is 0 Å². The zero-order valence-electron chi connectivity index (χ0n) is 13.5. The van der Waals surface area contributed by atoms with Gasteiger partial charge < -0.3 is 9.47 Å². The second kappa shape index (κ2) is 9.05. The maximum absolute atomic E-state index is 6.10. The summed E-state index contributed by atoms with van der Waals surface area (Å²) in [5, 5.41) is 2.14. The van der Waals surface area contributed by atoms with Crippen LogP contribution in [-0.4, -0.2) is 13.2 Å². The van der Waals surface area contributed by atoms with Gasteiger partial charge in [0.25, 0.3) is 0 Å². The topological polar surface area (TPSA) is 18.5 Å². The first-order valence-corrected chi connectivity index (χ1v) is 9.07. The Morgan fingerprint density at radius 1 is 0.667 bits per heavy atom. The van der Waals surface area contributed by atoms with Crippen LogP contribution in [0.15, 0.2) is 24.3 Å². The Hall–Kier alpha value is -0.800. The van der Waals surface area contributed by atoms with E-state index in [1.807, 2.05) is 26.0 Å². The first-order valence-electron chi connectivity index (χ1n) is 7.56. The molecular weight excluding hydrogens is 390 g/mol. The van der Waals surface area contributed by atoms with E-state index in [1.165, 1.54) is 0 Å². The third-order valence-electron chi connectivity index (χ3n) is 3.63. The summed E-state index contributed by atoms with van der Waals surface area (Å²) in [6.45, 7) is 4.95. The van der Waals surface area contributed by atoms with E-state index in [4.69, 9.17) is 55.9 Å². The lowest BCUT2D eigenvalue weighted by atomic mass is 10.2. The van der Waals surface area contributed by atoms with Crippen molar-refractivity contribution in [3.8, 4) is 11.5 Å². The third-order valence-corrected chi connectivity index (χ3v) is 5.43. The van der Waals surface area contributed by atoms with Crippen LogP contribution in [0.3, 0.4) is 0 Å². The Kier molecular flexibility index (Phi) is 7.36. The lowest BCUT2D eigenvalue weighted by molar-refractivity contribution is 0.265. The van der Waals surface area contributed by atoms with Gasteiger partial charge in [-0.25, -0.2) is 0 Å². The number of hydrogen-bond acceptors (Lipinski definition) is 2. The van der Waals surface area contributed by atoms with E-state index < -0.39 is 0 Å². The molecule has 0 heterocycles. The van der Waals surface area contributed by atoms with Gasteiger partial charge in [0.1, 0.15) is 11.5 Å². The fourth-order valence-electron chi connectivity index (χ4n) is 2.15. The van der Waals surface area contributed by atoms with E-state index in [9.17, 15) is 0 Å². The number of rotatable bonds is 7. The summed E-state index contributed by atoms with van der Waals surface area (Å²) >= 11 is 24.1. The molecule has 24 heavy (non-hydrogen) atoms. The Labute approximate surface area is 162 Å². The average molecular weight is 408 g/mol. The van der Waals surface area contributed by atoms with Crippen LogP contribution in [0.4, 0.5) is 0 Å².